The Labute approximate surface area is 119 Å². The minimum absolute atomic E-state index is 0.0826. The van der Waals surface area contributed by atoms with Gasteiger partial charge in [0.2, 0.25) is 10.0 Å². The summed E-state index contributed by atoms with van der Waals surface area (Å²) in [6.45, 7) is 2.41. The first-order valence-electron chi connectivity index (χ1n) is 5.57. The molecule has 1 aromatic carbocycles. The Kier molecular flexibility index (Phi) is 5.45. The molecule has 0 aliphatic heterocycles. The molecule has 0 aliphatic carbocycles. The zero-order chi connectivity index (χ0) is 14.6. The second kappa shape index (κ2) is 6.44. The number of sulfonamides is 1. The van der Waals surface area contributed by atoms with E-state index in [2.05, 4.69) is 21.2 Å². The molecule has 0 heterocycles. The predicted octanol–water partition coefficient (Wildman–Crippen LogP) is 1.77. The number of hydrogen-bond acceptors (Lipinski definition) is 3. The van der Waals surface area contributed by atoms with Gasteiger partial charge in [0.05, 0.1) is 9.37 Å². The van der Waals surface area contributed by atoms with Gasteiger partial charge in [-0.25, -0.2) is 17.9 Å². The lowest BCUT2D eigenvalue weighted by molar-refractivity contribution is 0.0952. The smallest absolute Gasteiger partial charge is 0.251 e. The number of halogens is 2. The Morgan fingerprint density at radius 3 is 2.63 bits per heavy atom. The van der Waals surface area contributed by atoms with Gasteiger partial charge >= 0.3 is 0 Å². The highest BCUT2D eigenvalue weighted by Gasteiger charge is 2.19. The second-order valence-corrected chi connectivity index (χ2v) is 6.25. The van der Waals surface area contributed by atoms with Crippen LogP contribution in [0.25, 0.3) is 0 Å². The van der Waals surface area contributed by atoms with Gasteiger partial charge in [0.1, 0.15) is 5.82 Å². The van der Waals surface area contributed by atoms with E-state index in [4.69, 9.17) is 5.14 Å². The molecular weight excluding hydrogens is 339 g/mol. The van der Waals surface area contributed by atoms with Crippen molar-refractivity contribution in [3.63, 3.8) is 0 Å². The summed E-state index contributed by atoms with van der Waals surface area (Å²) in [5, 5.41) is 7.53. The van der Waals surface area contributed by atoms with Crippen molar-refractivity contribution in [1.29, 1.82) is 0 Å². The molecule has 0 unspecified atom stereocenters. The summed E-state index contributed by atoms with van der Waals surface area (Å²) in [6.07, 6.45) is 1.68. The van der Waals surface area contributed by atoms with Crippen LogP contribution in [-0.4, -0.2) is 20.9 Å². The van der Waals surface area contributed by atoms with Crippen LogP contribution in [0.1, 0.15) is 30.1 Å². The Hall–Kier alpha value is -0.990. The summed E-state index contributed by atoms with van der Waals surface area (Å²) in [4.78, 5) is 11.3. The van der Waals surface area contributed by atoms with Crippen LogP contribution in [0.3, 0.4) is 0 Å². The van der Waals surface area contributed by atoms with Crippen molar-refractivity contribution < 1.29 is 17.6 Å². The van der Waals surface area contributed by atoms with Gasteiger partial charge in [-0.1, -0.05) is 13.3 Å². The average Bonchev–Trinajstić information content (AvgIpc) is 2.31. The molecule has 0 saturated heterocycles. The van der Waals surface area contributed by atoms with Crippen molar-refractivity contribution in [3.05, 3.63) is 28.0 Å². The standard InChI is InChI=1S/C11H14BrFN2O3S/c1-2-3-4-15-11(16)7-5-8(13)10(12)9(6-7)19(14,17)18/h5-6H,2-4H2,1H3,(H,15,16)(H2,14,17,18). The molecule has 0 atom stereocenters. The highest BCUT2D eigenvalue weighted by molar-refractivity contribution is 9.10. The molecule has 0 aliphatic rings. The van der Waals surface area contributed by atoms with E-state index in [1.807, 2.05) is 6.92 Å². The van der Waals surface area contributed by atoms with Crippen LogP contribution in [0.4, 0.5) is 4.39 Å². The Bertz CT molecular complexity index is 590. The lowest BCUT2D eigenvalue weighted by Gasteiger charge is -2.08. The number of benzene rings is 1. The van der Waals surface area contributed by atoms with Crippen molar-refractivity contribution in [3.8, 4) is 0 Å². The number of primary sulfonamides is 1. The van der Waals surface area contributed by atoms with Crippen molar-refractivity contribution in [2.24, 2.45) is 5.14 Å². The van der Waals surface area contributed by atoms with Gasteiger partial charge in [-0.2, -0.15) is 0 Å². The molecule has 3 N–H and O–H groups in total. The van der Waals surface area contributed by atoms with Crippen molar-refractivity contribution in [2.75, 3.05) is 6.54 Å². The fraction of sp³-hybridized carbons (Fsp3) is 0.364. The van der Waals surface area contributed by atoms with Gasteiger partial charge < -0.3 is 5.32 Å². The average molecular weight is 353 g/mol. The Balaban J connectivity index is 3.11. The van der Waals surface area contributed by atoms with Crippen molar-refractivity contribution in [2.45, 2.75) is 24.7 Å². The van der Waals surface area contributed by atoms with Crippen LogP contribution in [0.15, 0.2) is 21.5 Å². The Morgan fingerprint density at radius 1 is 1.47 bits per heavy atom. The number of nitrogens with two attached hydrogens (primary N) is 1. The largest absolute Gasteiger partial charge is 0.352 e. The molecule has 5 nitrogen and oxygen atoms in total. The molecule has 19 heavy (non-hydrogen) atoms. The first-order valence-corrected chi connectivity index (χ1v) is 7.91. The number of amides is 1. The summed E-state index contributed by atoms with van der Waals surface area (Å²) in [5.74, 6) is -1.39. The van der Waals surface area contributed by atoms with E-state index in [0.717, 1.165) is 25.0 Å². The van der Waals surface area contributed by atoms with Gasteiger partial charge in [0, 0.05) is 12.1 Å². The molecule has 0 fully saturated rings. The lowest BCUT2D eigenvalue weighted by atomic mass is 10.2. The minimum Gasteiger partial charge on any atom is -0.352 e. The summed E-state index contributed by atoms with van der Waals surface area (Å²) in [7, 11) is -4.10. The van der Waals surface area contributed by atoms with Crippen LogP contribution in [0, 0.1) is 5.82 Å². The molecule has 1 rings (SSSR count). The summed E-state index contributed by atoms with van der Waals surface area (Å²) < 4.78 is 35.9. The zero-order valence-corrected chi connectivity index (χ0v) is 12.6. The van der Waals surface area contributed by atoms with Crippen LogP contribution < -0.4 is 10.5 Å². The summed E-state index contributed by atoms with van der Waals surface area (Å²) in [6, 6.07) is 2.00. The Morgan fingerprint density at radius 2 is 2.11 bits per heavy atom. The normalized spacial score (nSPS) is 11.4. The van der Waals surface area contributed by atoms with Crippen LogP contribution in [0.5, 0.6) is 0 Å². The number of unbranched alkanes of at least 4 members (excludes halogenated alkanes) is 1. The number of carbonyl (C=O) groups excluding carboxylic acids is 1. The van der Waals surface area contributed by atoms with Gasteiger partial charge in [-0.15, -0.1) is 0 Å². The van der Waals surface area contributed by atoms with Gasteiger partial charge in [0.15, 0.2) is 0 Å². The number of carbonyl (C=O) groups is 1. The fourth-order valence-corrected chi connectivity index (χ4v) is 2.93. The summed E-state index contributed by atoms with van der Waals surface area (Å²) >= 11 is 2.80. The molecular formula is C11H14BrFN2O3S. The molecule has 0 saturated carbocycles. The van der Waals surface area contributed by atoms with Gasteiger partial charge in [-0.05, 0) is 34.5 Å². The van der Waals surface area contributed by atoms with E-state index >= 15 is 0 Å². The van der Waals surface area contributed by atoms with Crippen molar-refractivity contribution >= 4 is 31.9 Å². The van der Waals surface area contributed by atoms with E-state index in [1.165, 1.54) is 0 Å². The topological polar surface area (TPSA) is 89.3 Å². The monoisotopic (exact) mass is 352 g/mol. The van der Waals surface area contributed by atoms with Crippen molar-refractivity contribution in [1.82, 2.24) is 5.32 Å². The lowest BCUT2D eigenvalue weighted by Crippen LogP contribution is -2.25. The molecule has 0 bridgehead atoms. The maximum Gasteiger partial charge on any atom is 0.251 e. The first-order chi connectivity index (χ1) is 8.77. The minimum atomic E-state index is -4.10. The fourth-order valence-electron chi connectivity index (χ4n) is 1.38. The number of rotatable bonds is 5. The molecule has 1 aromatic rings. The molecule has 8 heteroatoms. The number of hydrogen-bond donors (Lipinski definition) is 2. The maximum atomic E-state index is 13.6. The third-order valence-electron chi connectivity index (χ3n) is 2.38. The van der Waals surface area contributed by atoms with E-state index in [0.29, 0.717) is 6.54 Å². The van der Waals surface area contributed by atoms with Crippen LogP contribution in [0.2, 0.25) is 0 Å². The predicted molar refractivity (Wildman–Crippen MR) is 72.7 cm³/mol. The zero-order valence-electron chi connectivity index (χ0n) is 10.2. The molecule has 0 aromatic heterocycles. The van der Waals surface area contributed by atoms with E-state index in [9.17, 15) is 17.6 Å². The number of nitrogens with one attached hydrogen (secondary N) is 1. The highest BCUT2D eigenvalue weighted by Crippen LogP contribution is 2.25. The third-order valence-corrected chi connectivity index (χ3v) is 4.38. The third kappa shape index (κ3) is 4.26. The molecule has 0 radical (unpaired) electrons. The first kappa shape index (κ1) is 16.1. The highest BCUT2D eigenvalue weighted by atomic mass is 79.9. The SMILES string of the molecule is CCCCNC(=O)c1cc(F)c(Br)c(S(N)(=O)=O)c1. The van der Waals surface area contributed by atoms with Gasteiger partial charge in [-0.3, -0.25) is 4.79 Å². The quantitative estimate of drug-likeness (QED) is 0.791. The second-order valence-electron chi connectivity index (χ2n) is 3.92. The molecule has 106 valence electrons. The molecule has 1 amide bonds. The molecule has 0 spiro atoms. The van der Waals surface area contributed by atoms with Crippen LogP contribution >= 0.6 is 15.9 Å². The summed E-state index contributed by atoms with van der Waals surface area (Å²) in [5.41, 5.74) is -0.0826. The van der Waals surface area contributed by atoms with E-state index in [-0.39, 0.29) is 10.0 Å². The van der Waals surface area contributed by atoms with Crippen LogP contribution in [-0.2, 0) is 10.0 Å². The van der Waals surface area contributed by atoms with Gasteiger partial charge in [0.25, 0.3) is 5.91 Å². The van der Waals surface area contributed by atoms with E-state index < -0.39 is 26.6 Å². The maximum absolute atomic E-state index is 13.6. The van der Waals surface area contributed by atoms with E-state index in [1.54, 1.807) is 0 Å².